The molecule has 1 fully saturated rings. The van der Waals surface area contributed by atoms with Crippen LogP contribution < -0.4 is 21.7 Å². The largest absolute Gasteiger partial charge is 0.370 e. The molecule has 1 aromatic heterocycles. The molecule has 0 spiro atoms. The smallest absolute Gasteiger partial charge is 0.204 e. The Morgan fingerprint density at radius 2 is 2.26 bits per heavy atom. The number of nitriles is 1. The number of aromatic nitrogens is 1. The van der Waals surface area contributed by atoms with E-state index in [-0.39, 0.29) is 6.04 Å². The quantitative estimate of drug-likeness (QED) is 0.285. The van der Waals surface area contributed by atoms with Gasteiger partial charge in [0.1, 0.15) is 0 Å². The maximum atomic E-state index is 8.70. The van der Waals surface area contributed by atoms with Crippen LogP contribution in [0.3, 0.4) is 0 Å². The summed E-state index contributed by atoms with van der Waals surface area (Å²) in [6.45, 7) is 0. The fourth-order valence-corrected chi connectivity index (χ4v) is 3.49. The third kappa shape index (κ3) is 4.82. The van der Waals surface area contributed by atoms with Crippen LogP contribution in [0.1, 0.15) is 37.3 Å². The Kier molecular flexibility index (Phi) is 6.17. The summed E-state index contributed by atoms with van der Waals surface area (Å²) in [6.07, 6.45) is 6.15. The molecule has 2 atom stereocenters. The molecule has 0 bridgehead atoms. The first-order valence-corrected chi connectivity index (χ1v) is 8.37. The lowest BCUT2D eigenvalue weighted by atomic mass is 9.84. The van der Waals surface area contributed by atoms with E-state index in [1.807, 2.05) is 6.19 Å². The van der Waals surface area contributed by atoms with Crippen LogP contribution in [0.15, 0.2) is 15.4 Å². The van der Waals surface area contributed by atoms with Crippen molar-refractivity contribution in [2.75, 3.05) is 19.4 Å². The molecule has 0 saturated heterocycles. The number of hydrogen-bond donors (Lipinski definition) is 4. The van der Waals surface area contributed by atoms with E-state index in [9.17, 15) is 0 Å². The first-order valence-electron chi connectivity index (χ1n) is 7.49. The van der Waals surface area contributed by atoms with Gasteiger partial charge in [0.05, 0.1) is 5.69 Å². The van der Waals surface area contributed by atoms with E-state index in [1.165, 1.54) is 11.3 Å². The van der Waals surface area contributed by atoms with Crippen LogP contribution in [0, 0.1) is 11.5 Å². The predicted octanol–water partition coefficient (Wildman–Crippen LogP) is 1.17. The zero-order valence-electron chi connectivity index (χ0n) is 13.3. The van der Waals surface area contributed by atoms with Crippen LogP contribution in [0.25, 0.3) is 0 Å². The number of nitrogens with one attached hydrogen (secondary N) is 3. The Hall–Kier alpha value is -2.34. The van der Waals surface area contributed by atoms with E-state index in [2.05, 4.69) is 36.3 Å². The fourth-order valence-electron chi connectivity index (χ4n) is 2.69. The molecule has 0 aromatic carbocycles. The van der Waals surface area contributed by atoms with Crippen LogP contribution in [-0.2, 0) is 0 Å². The van der Waals surface area contributed by atoms with Crippen molar-refractivity contribution in [1.82, 2.24) is 15.6 Å². The SMILES string of the molecule is CN=C(N)Nc1nc(C2CCCC(NC(=NC)NC#N)C2)cs1. The molecule has 0 aliphatic heterocycles. The number of guanidine groups is 2. The normalized spacial score (nSPS) is 22.3. The van der Waals surface area contributed by atoms with Gasteiger partial charge in [-0.2, -0.15) is 5.26 Å². The molecule has 0 radical (unpaired) electrons. The molecule has 2 rings (SSSR count). The highest BCUT2D eigenvalue weighted by molar-refractivity contribution is 7.13. The van der Waals surface area contributed by atoms with Crippen LogP contribution >= 0.6 is 11.3 Å². The predicted molar refractivity (Wildman–Crippen MR) is 93.5 cm³/mol. The van der Waals surface area contributed by atoms with Gasteiger partial charge in [0.2, 0.25) is 5.96 Å². The summed E-state index contributed by atoms with van der Waals surface area (Å²) < 4.78 is 0. The summed E-state index contributed by atoms with van der Waals surface area (Å²) >= 11 is 1.53. The van der Waals surface area contributed by atoms with Gasteiger partial charge in [0.15, 0.2) is 17.3 Å². The first kappa shape index (κ1) is 17.0. The maximum absolute atomic E-state index is 8.70. The average molecular weight is 334 g/mol. The van der Waals surface area contributed by atoms with Crippen molar-refractivity contribution in [2.45, 2.75) is 37.6 Å². The number of thiazole rings is 1. The molecular weight excluding hydrogens is 312 g/mol. The summed E-state index contributed by atoms with van der Waals surface area (Å²) in [5, 5.41) is 20.4. The zero-order chi connectivity index (χ0) is 16.7. The van der Waals surface area contributed by atoms with Crippen molar-refractivity contribution in [3.8, 4) is 6.19 Å². The van der Waals surface area contributed by atoms with Gasteiger partial charge in [-0.25, -0.2) is 4.98 Å². The average Bonchev–Trinajstić information content (AvgIpc) is 3.03. The second-order valence-electron chi connectivity index (χ2n) is 5.33. The van der Waals surface area contributed by atoms with Crippen LogP contribution in [0.2, 0.25) is 0 Å². The Morgan fingerprint density at radius 3 is 2.96 bits per heavy atom. The Morgan fingerprint density at radius 1 is 1.43 bits per heavy atom. The molecule has 23 heavy (non-hydrogen) atoms. The topological polar surface area (TPSA) is 124 Å². The van der Waals surface area contributed by atoms with Crippen molar-refractivity contribution >= 4 is 28.4 Å². The molecule has 1 aliphatic carbocycles. The van der Waals surface area contributed by atoms with Gasteiger partial charge in [0, 0.05) is 31.4 Å². The highest BCUT2D eigenvalue weighted by Gasteiger charge is 2.25. The van der Waals surface area contributed by atoms with Crippen molar-refractivity contribution in [3.63, 3.8) is 0 Å². The summed E-state index contributed by atoms with van der Waals surface area (Å²) in [5.41, 5.74) is 6.74. The summed E-state index contributed by atoms with van der Waals surface area (Å²) in [4.78, 5) is 12.5. The molecule has 1 heterocycles. The molecule has 2 unspecified atom stereocenters. The van der Waals surface area contributed by atoms with Gasteiger partial charge in [0.25, 0.3) is 0 Å². The van der Waals surface area contributed by atoms with Gasteiger partial charge in [-0.3, -0.25) is 15.3 Å². The minimum absolute atomic E-state index is 0.286. The molecule has 8 nitrogen and oxygen atoms in total. The maximum Gasteiger partial charge on any atom is 0.204 e. The lowest BCUT2D eigenvalue weighted by Crippen LogP contribution is -2.43. The molecule has 124 valence electrons. The van der Waals surface area contributed by atoms with Crippen molar-refractivity contribution in [2.24, 2.45) is 15.7 Å². The van der Waals surface area contributed by atoms with Gasteiger partial charge in [-0.05, 0) is 19.3 Å². The van der Waals surface area contributed by atoms with Gasteiger partial charge < -0.3 is 16.4 Å². The minimum atomic E-state index is 0.286. The summed E-state index contributed by atoms with van der Waals surface area (Å²) in [6, 6.07) is 0.286. The Bertz CT molecular complexity index is 615. The lowest BCUT2D eigenvalue weighted by Gasteiger charge is -2.29. The van der Waals surface area contributed by atoms with Gasteiger partial charge in [-0.15, -0.1) is 11.3 Å². The van der Waals surface area contributed by atoms with E-state index >= 15 is 0 Å². The number of hydrogen-bond acceptors (Lipinski definition) is 5. The Balaban J connectivity index is 1.97. The third-order valence-corrected chi connectivity index (χ3v) is 4.61. The molecule has 1 saturated carbocycles. The molecule has 0 amide bonds. The zero-order valence-corrected chi connectivity index (χ0v) is 14.2. The molecule has 1 aliphatic rings. The monoisotopic (exact) mass is 334 g/mol. The first-order chi connectivity index (χ1) is 11.2. The van der Waals surface area contributed by atoms with Crippen molar-refractivity contribution < 1.29 is 0 Å². The van der Waals surface area contributed by atoms with E-state index in [0.717, 1.165) is 36.5 Å². The van der Waals surface area contributed by atoms with Crippen molar-refractivity contribution in [1.29, 1.82) is 5.26 Å². The molecule has 1 aromatic rings. The minimum Gasteiger partial charge on any atom is -0.370 e. The van der Waals surface area contributed by atoms with Crippen LogP contribution in [0.5, 0.6) is 0 Å². The number of aliphatic imine (C=N–C) groups is 2. The van der Waals surface area contributed by atoms with E-state index in [4.69, 9.17) is 11.0 Å². The summed E-state index contributed by atoms with van der Waals surface area (Å²) in [5.74, 6) is 1.28. The van der Waals surface area contributed by atoms with Gasteiger partial charge >= 0.3 is 0 Å². The highest BCUT2D eigenvalue weighted by atomic mass is 32.1. The molecule has 9 heteroatoms. The number of rotatable bonds is 3. The van der Waals surface area contributed by atoms with Crippen LogP contribution in [-0.4, -0.2) is 37.0 Å². The number of nitrogens with two attached hydrogens (primary N) is 1. The van der Waals surface area contributed by atoms with E-state index in [0.29, 0.717) is 17.8 Å². The van der Waals surface area contributed by atoms with Gasteiger partial charge in [-0.1, -0.05) is 6.42 Å². The lowest BCUT2D eigenvalue weighted by molar-refractivity contribution is 0.365. The Labute approximate surface area is 139 Å². The fraction of sp³-hybridized carbons (Fsp3) is 0.571. The second-order valence-corrected chi connectivity index (χ2v) is 6.18. The molecule has 5 N–H and O–H groups in total. The van der Waals surface area contributed by atoms with Crippen molar-refractivity contribution in [3.05, 3.63) is 11.1 Å². The number of anilines is 1. The number of nitrogens with zero attached hydrogens (tertiary/aromatic N) is 4. The highest BCUT2D eigenvalue weighted by Crippen LogP contribution is 2.34. The van der Waals surface area contributed by atoms with E-state index < -0.39 is 0 Å². The molecular formula is C14H22N8S. The van der Waals surface area contributed by atoms with E-state index in [1.54, 1.807) is 14.1 Å². The summed E-state index contributed by atoms with van der Waals surface area (Å²) in [7, 11) is 3.29. The van der Waals surface area contributed by atoms with Crippen LogP contribution in [0.4, 0.5) is 5.13 Å². The standard InChI is InChI=1S/C14H22N8S/c1-17-12(16)22-14-21-11(7-23-14)9-4-3-5-10(6-9)20-13(18-2)19-8-15/h7,9-10H,3-6H2,1-2H3,(H2,18,19,20)(H3,16,17,21,22). The third-order valence-electron chi connectivity index (χ3n) is 3.83. The second kappa shape index (κ2) is 8.33.